The van der Waals surface area contributed by atoms with Crippen LogP contribution >= 0.6 is 0 Å². The van der Waals surface area contributed by atoms with Crippen LogP contribution in [0.4, 0.5) is 5.69 Å². The van der Waals surface area contributed by atoms with Gasteiger partial charge in [0.25, 0.3) is 0 Å². The van der Waals surface area contributed by atoms with E-state index in [9.17, 15) is 0 Å². The number of benzene rings is 1. The van der Waals surface area contributed by atoms with Gasteiger partial charge in [-0.25, -0.2) is 4.98 Å². The Balaban J connectivity index is 2.18. The summed E-state index contributed by atoms with van der Waals surface area (Å²) in [5.41, 5.74) is 4.15. The second-order valence-electron chi connectivity index (χ2n) is 3.91. The van der Waals surface area contributed by atoms with Crippen LogP contribution in [0.15, 0.2) is 41.8 Å². The zero-order valence-corrected chi connectivity index (χ0v) is 10.9. The van der Waals surface area contributed by atoms with Crippen LogP contribution < -0.4 is 5.43 Å². The highest BCUT2D eigenvalue weighted by Gasteiger charge is 2.02. The lowest BCUT2D eigenvalue weighted by atomic mass is 10.2. The Hall–Kier alpha value is -3.12. The van der Waals surface area contributed by atoms with Crippen molar-refractivity contribution in [3.63, 3.8) is 0 Å². The largest absolute Gasteiger partial charge is 0.304 e. The van der Waals surface area contributed by atoms with Gasteiger partial charge in [0.15, 0.2) is 0 Å². The van der Waals surface area contributed by atoms with Gasteiger partial charge in [-0.3, -0.25) is 5.43 Å². The zero-order valence-electron chi connectivity index (χ0n) is 10.9. The summed E-state index contributed by atoms with van der Waals surface area (Å²) in [7, 11) is 0. The van der Waals surface area contributed by atoms with E-state index in [2.05, 4.69) is 22.4 Å². The fraction of sp³-hybridized carbons (Fsp3) is 0.143. The average Bonchev–Trinajstić information content (AvgIpc) is 2.97. The molecule has 0 spiro atoms. The van der Waals surface area contributed by atoms with Crippen molar-refractivity contribution in [1.82, 2.24) is 9.55 Å². The van der Waals surface area contributed by atoms with Gasteiger partial charge in [0.2, 0.25) is 5.71 Å². The lowest BCUT2D eigenvalue weighted by molar-refractivity contribution is 0.891. The van der Waals surface area contributed by atoms with Crippen LogP contribution in [-0.2, 0) is 6.42 Å². The summed E-state index contributed by atoms with van der Waals surface area (Å²) in [5.74, 6) is 0.986. The van der Waals surface area contributed by atoms with Crippen molar-refractivity contribution >= 4 is 11.4 Å². The number of aryl methyl sites for hydroxylation is 1. The van der Waals surface area contributed by atoms with E-state index >= 15 is 0 Å². The van der Waals surface area contributed by atoms with E-state index in [1.807, 2.05) is 35.0 Å². The molecule has 6 nitrogen and oxygen atoms in total. The summed E-state index contributed by atoms with van der Waals surface area (Å²) >= 11 is 0. The van der Waals surface area contributed by atoms with Crippen LogP contribution in [0.2, 0.25) is 0 Å². The Bertz CT molecular complexity index is 681. The molecule has 0 radical (unpaired) electrons. The van der Waals surface area contributed by atoms with Crippen molar-refractivity contribution in [2.45, 2.75) is 13.3 Å². The molecule has 1 heterocycles. The normalized spacial score (nSPS) is 9.35. The van der Waals surface area contributed by atoms with Crippen molar-refractivity contribution in [3.05, 3.63) is 42.5 Å². The quantitative estimate of drug-likeness (QED) is 0.677. The number of imidazole rings is 1. The maximum Gasteiger partial charge on any atom is 0.237 e. The first-order valence-corrected chi connectivity index (χ1v) is 6.05. The molecule has 0 fully saturated rings. The predicted molar refractivity (Wildman–Crippen MR) is 75.2 cm³/mol. The summed E-state index contributed by atoms with van der Waals surface area (Å²) in [5, 5.41) is 20.8. The standard InChI is InChI=1S/C14H12N6/c1-2-14-17-7-8-20(14)13-5-3-11(4-6-13)18-19-12(9-15)10-16/h3-8,18H,2H2,1H3. The molecule has 1 aromatic heterocycles. The van der Waals surface area contributed by atoms with Crippen LogP contribution in [0.3, 0.4) is 0 Å². The molecule has 1 N–H and O–H groups in total. The summed E-state index contributed by atoms with van der Waals surface area (Å²) in [4.78, 5) is 4.27. The van der Waals surface area contributed by atoms with E-state index in [0.29, 0.717) is 5.69 Å². The van der Waals surface area contributed by atoms with Crippen LogP contribution in [0, 0.1) is 22.7 Å². The molecule has 0 atom stereocenters. The highest BCUT2D eigenvalue weighted by Crippen LogP contribution is 2.15. The van der Waals surface area contributed by atoms with E-state index in [4.69, 9.17) is 10.5 Å². The third-order valence-corrected chi connectivity index (χ3v) is 2.69. The van der Waals surface area contributed by atoms with Crippen LogP contribution in [-0.4, -0.2) is 15.3 Å². The number of hydrogen-bond acceptors (Lipinski definition) is 5. The maximum atomic E-state index is 8.58. The van der Waals surface area contributed by atoms with Gasteiger partial charge in [-0.2, -0.15) is 15.6 Å². The molecule has 0 aliphatic heterocycles. The smallest absolute Gasteiger partial charge is 0.237 e. The monoisotopic (exact) mass is 264 g/mol. The number of hydrazone groups is 1. The number of rotatable bonds is 4. The van der Waals surface area contributed by atoms with Crippen molar-refractivity contribution in [1.29, 1.82) is 10.5 Å². The molecule has 0 amide bonds. The SMILES string of the molecule is CCc1nccn1-c1ccc(NN=C(C#N)C#N)cc1. The Labute approximate surface area is 116 Å². The Kier molecular flexibility index (Phi) is 4.10. The summed E-state index contributed by atoms with van der Waals surface area (Å²) in [6.07, 6.45) is 4.52. The van der Waals surface area contributed by atoms with Crippen LogP contribution in [0.5, 0.6) is 0 Å². The molecule has 1 aromatic carbocycles. The van der Waals surface area contributed by atoms with Gasteiger partial charge < -0.3 is 4.57 Å². The average molecular weight is 264 g/mol. The summed E-state index contributed by atoms with van der Waals surface area (Å²) in [6, 6.07) is 10.8. The fourth-order valence-corrected chi connectivity index (χ4v) is 1.72. The van der Waals surface area contributed by atoms with E-state index in [-0.39, 0.29) is 5.71 Å². The molecule has 2 rings (SSSR count). The van der Waals surface area contributed by atoms with Crippen molar-refractivity contribution < 1.29 is 0 Å². The first-order valence-electron chi connectivity index (χ1n) is 6.05. The number of aromatic nitrogens is 2. The predicted octanol–water partition coefficient (Wildman–Crippen LogP) is 2.25. The topological polar surface area (TPSA) is 89.8 Å². The molecule has 0 unspecified atom stereocenters. The minimum absolute atomic E-state index is 0.211. The molecular weight excluding hydrogens is 252 g/mol. The summed E-state index contributed by atoms with van der Waals surface area (Å²) < 4.78 is 2.00. The number of anilines is 1. The second-order valence-corrected chi connectivity index (χ2v) is 3.91. The highest BCUT2D eigenvalue weighted by molar-refractivity contribution is 6.10. The third kappa shape index (κ3) is 2.82. The first-order chi connectivity index (χ1) is 9.78. The molecule has 0 aliphatic carbocycles. The number of nitrogens with one attached hydrogen (secondary N) is 1. The lowest BCUT2D eigenvalue weighted by Crippen LogP contribution is -2.00. The molecule has 98 valence electrons. The van der Waals surface area contributed by atoms with E-state index < -0.39 is 0 Å². The molecule has 0 saturated heterocycles. The Morgan fingerprint density at radius 2 is 2.00 bits per heavy atom. The fourth-order valence-electron chi connectivity index (χ4n) is 1.72. The third-order valence-electron chi connectivity index (χ3n) is 2.69. The first kappa shape index (κ1) is 13.3. The molecular formula is C14H12N6. The molecule has 6 heteroatoms. The highest BCUT2D eigenvalue weighted by atomic mass is 15.3. The van der Waals surface area contributed by atoms with Crippen LogP contribution in [0.25, 0.3) is 5.69 Å². The molecule has 0 aliphatic rings. The van der Waals surface area contributed by atoms with Gasteiger partial charge in [-0.15, -0.1) is 0 Å². The molecule has 0 saturated carbocycles. The molecule has 2 aromatic rings. The minimum Gasteiger partial charge on any atom is -0.304 e. The minimum atomic E-state index is -0.211. The maximum absolute atomic E-state index is 8.58. The van der Waals surface area contributed by atoms with Gasteiger partial charge >= 0.3 is 0 Å². The lowest BCUT2D eigenvalue weighted by Gasteiger charge is -2.07. The summed E-state index contributed by atoms with van der Waals surface area (Å²) in [6.45, 7) is 2.05. The molecule has 20 heavy (non-hydrogen) atoms. The second kappa shape index (κ2) is 6.17. The van der Waals surface area contributed by atoms with Gasteiger partial charge in [0, 0.05) is 24.5 Å². The van der Waals surface area contributed by atoms with Gasteiger partial charge in [0.1, 0.15) is 18.0 Å². The van der Waals surface area contributed by atoms with Crippen molar-refractivity contribution in [2.24, 2.45) is 5.10 Å². The van der Waals surface area contributed by atoms with Gasteiger partial charge in [0.05, 0.1) is 5.69 Å². The zero-order chi connectivity index (χ0) is 14.4. The number of nitriles is 2. The van der Waals surface area contributed by atoms with Gasteiger partial charge in [-0.1, -0.05) is 6.92 Å². The Morgan fingerprint density at radius 3 is 2.60 bits per heavy atom. The molecule has 0 bridgehead atoms. The van der Waals surface area contributed by atoms with E-state index in [1.165, 1.54) is 0 Å². The van der Waals surface area contributed by atoms with E-state index in [1.54, 1.807) is 18.3 Å². The number of nitrogens with zero attached hydrogens (tertiary/aromatic N) is 5. The van der Waals surface area contributed by atoms with Crippen molar-refractivity contribution in [3.8, 4) is 17.8 Å². The van der Waals surface area contributed by atoms with Crippen LogP contribution in [0.1, 0.15) is 12.7 Å². The van der Waals surface area contributed by atoms with E-state index in [0.717, 1.165) is 17.9 Å². The Morgan fingerprint density at radius 1 is 1.30 bits per heavy atom. The number of hydrogen-bond donors (Lipinski definition) is 1. The van der Waals surface area contributed by atoms with Gasteiger partial charge in [-0.05, 0) is 24.3 Å². The van der Waals surface area contributed by atoms with Crippen molar-refractivity contribution in [2.75, 3.05) is 5.43 Å².